The van der Waals surface area contributed by atoms with Crippen molar-refractivity contribution in [3.05, 3.63) is 84.4 Å². The van der Waals surface area contributed by atoms with E-state index in [0.717, 1.165) is 47.1 Å². The third-order valence-electron chi connectivity index (χ3n) is 6.26. The van der Waals surface area contributed by atoms with Crippen molar-refractivity contribution in [3.63, 3.8) is 0 Å². The molecule has 0 amide bonds. The van der Waals surface area contributed by atoms with Gasteiger partial charge < -0.3 is 4.74 Å². The lowest BCUT2D eigenvalue weighted by Crippen LogP contribution is -2.49. The summed E-state index contributed by atoms with van der Waals surface area (Å²) in [5.74, 6) is 0.691. The first kappa shape index (κ1) is 27.4. The first-order valence-electron chi connectivity index (χ1n) is 10.8. The van der Waals surface area contributed by atoms with E-state index in [9.17, 15) is 4.79 Å². The Morgan fingerprint density at radius 1 is 1.03 bits per heavy atom. The minimum Gasteiger partial charge on any atom is -0.371 e. The number of hydrogen-bond donors (Lipinski definition) is 2. The molecule has 2 heterocycles. The topological polar surface area (TPSA) is 77.2 Å². The molecule has 11 heteroatoms. The third-order valence-corrected chi connectivity index (χ3v) is 7.17. The van der Waals surface area contributed by atoms with E-state index < -0.39 is 0 Å². The van der Waals surface area contributed by atoms with Crippen LogP contribution in [0.1, 0.15) is 28.6 Å². The van der Waals surface area contributed by atoms with Gasteiger partial charge in [-0.1, -0.05) is 56.1 Å². The van der Waals surface area contributed by atoms with Crippen molar-refractivity contribution < 1.29 is 4.74 Å². The summed E-state index contributed by atoms with van der Waals surface area (Å²) in [7, 11) is 0. The Morgan fingerprint density at radius 2 is 1.74 bits per heavy atom. The second kappa shape index (κ2) is 12.2. The van der Waals surface area contributed by atoms with Gasteiger partial charge in [0.15, 0.2) is 0 Å². The Bertz CT molecular complexity index is 1130. The minimum atomic E-state index is -0.251. The molecule has 0 radical (unpaired) electrons. The van der Waals surface area contributed by atoms with Crippen molar-refractivity contribution in [1.29, 1.82) is 0 Å². The molecule has 1 saturated heterocycles. The molecular weight excluding hydrogens is 609 g/mol. The molecule has 2 aromatic carbocycles. The molecular formula is C23H27Br2Cl2N5O2. The molecule has 2 atom stereocenters. The van der Waals surface area contributed by atoms with E-state index in [2.05, 4.69) is 93.2 Å². The first-order valence-corrected chi connectivity index (χ1v) is 12.4. The number of halogens is 4. The zero-order valence-electron chi connectivity index (χ0n) is 18.4. The van der Waals surface area contributed by atoms with Crippen molar-refractivity contribution in [2.75, 3.05) is 26.2 Å². The van der Waals surface area contributed by atoms with Gasteiger partial charge in [-0.2, -0.15) is 5.10 Å². The largest absolute Gasteiger partial charge is 0.371 e. The Hall–Kier alpha value is -1.20. The smallest absolute Gasteiger partial charge is 0.340 e. The number of rotatable bonds is 6. The number of nitrogens with one attached hydrogen (secondary N) is 2. The minimum absolute atomic E-state index is 0. The Labute approximate surface area is 227 Å². The molecule has 0 saturated carbocycles. The van der Waals surface area contributed by atoms with E-state index in [1.807, 2.05) is 6.07 Å². The van der Waals surface area contributed by atoms with Crippen LogP contribution < -0.4 is 5.69 Å². The highest BCUT2D eigenvalue weighted by atomic mass is 79.9. The number of nitrogens with zero attached hydrogens (tertiary/aromatic N) is 3. The summed E-state index contributed by atoms with van der Waals surface area (Å²) in [6.45, 7) is 5.01. The highest BCUT2D eigenvalue weighted by Crippen LogP contribution is 2.38. The molecule has 184 valence electrons. The Morgan fingerprint density at radius 3 is 2.41 bits per heavy atom. The quantitative estimate of drug-likeness (QED) is 0.418. The SMILES string of the molecule is Cl.Cl.O=c1[nH]nc(CN2CCN([C@@H]3c4ccccc4C[C@H]3OCc3cc(Br)cc(Br)c3)CC2)[nH]1. The van der Waals surface area contributed by atoms with Crippen LogP contribution in [0.2, 0.25) is 0 Å². The van der Waals surface area contributed by atoms with Crippen LogP contribution in [0, 0.1) is 0 Å². The van der Waals surface area contributed by atoms with E-state index in [4.69, 9.17) is 4.74 Å². The molecule has 7 nitrogen and oxygen atoms in total. The maximum Gasteiger partial charge on any atom is 0.340 e. The molecule has 1 aliphatic heterocycles. The van der Waals surface area contributed by atoms with E-state index >= 15 is 0 Å². The highest BCUT2D eigenvalue weighted by Gasteiger charge is 2.38. The number of piperazine rings is 1. The van der Waals surface area contributed by atoms with Crippen LogP contribution in [0.25, 0.3) is 0 Å². The lowest BCUT2D eigenvalue weighted by atomic mass is 10.0. The Kier molecular flexibility index (Phi) is 9.80. The summed E-state index contributed by atoms with van der Waals surface area (Å²) < 4.78 is 8.62. The summed E-state index contributed by atoms with van der Waals surface area (Å²) in [5, 5.41) is 6.48. The van der Waals surface area contributed by atoms with E-state index in [0.29, 0.717) is 19.0 Å². The van der Waals surface area contributed by atoms with Crippen LogP contribution in [-0.2, 0) is 24.3 Å². The molecule has 0 spiro atoms. The summed E-state index contributed by atoms with van der Waals surface area (Å²) in [6.07, 6.45) is 1.06. The second-order valence-corrected chi connectivity index (χ2v) is 10.2. The number of H-pyrrole nitrogens is 2. The predicted octanol–water partition coefficient (Wildman–Crippen LogP) is 4.47. The van der Waals surface area contributed by atoms with Crippen LogP contribution in [0.15, 0.2) is 56.2 Å². The molecule has 1 fully saturated rings. The van der Waals surface area contributed by atoms with Crippen molar-refractivity contribution >= 4 is 56.7 Å². The lowest BCUT2D eigenvalue weighted by molar-refractivity contribution is -0.0296. The average molecular weight is 636 g/mol. The normalized spacial score (nSPS) is 20.4. The van der Waals surface area contributed by atoms with Crippen LogP contribution >= 0.6 is 56.7 Å². The molecule has 2 aliphatic rings. The zero-order valence-corrected chi connectivity index (χ0v) is 23.2. The summed E-state index contributed by atoms with van der Waals surface area (Å²) >= 11 is 7.14. The Balaban J connectivity index is 0.00000162. The summed E-state index contributed by atoms with van der Waals surface area (Å²) in [4.78, 5) is 18.9. The first-order chi connectivity index (χ1) is 15.5. The van der Waals surface area contributed by atoms with Gasteiger partial charge in [-0.05, 0) is 34.9 Å². The lowest BCUT2D eigenvalue weighted by Gasteiger charge is -2.40. The van der Waals surface area contributed by atoms with E-state index in [1.54, 1.807) is 0 Å². The van der Waals surface area contributed by atoms with Gasteiger partial charge in [0.25, 0.3) is 0 Å². The number of aromatic amines is 2. The predicted molar refractivity (Wildman–Crippen MR) is 144 cm³/mol. The maximum atomic E-state index is 11.3. The monoisotopic (exact) mass is 633 g/mol. The zero-order chi connectivity index (χ0) is 22.1. The second-order valence-electron chi connectivity index (χ2n) is 8.41. The number of ether oxygens (including phenoxy) is 1. The molecule has 3 aromatic rings. The molecule has 2 N–H and O–H groups in total. The van der Waals surface area contributed by atoms with Gasteiger partial charge in [0.2, 0.25) is 0 Å². The van der Waals surface area contributed by atoms with Crippen molar-refractivity contribution in [2.24, 2.45) is 0 Å². The van der Waals surface area contributed by atoms with Gasteiger partial charge in [-0.3, -0.25) is 14.8 Å². The number of hydrogen-bond acceptors (Lipinski definition) is 5. The van der Waals surface area contributed by atoms with Gasteiger partial charge >= 0.3 is 5.69 Å². The van der Waals surface area contributed by atoms with Gasteiger partial charge in [-0.15, -0.1) is 24.8 Å². The molecule has 0 bridgehead atoms. The molecule has 5 rings (SSSR count). The van der Waals surface area contributed by atoms with Crippen molar-refractivity contribution in [3.8, 4) is 0 Å². The fraction of sp³-hybridized carbons (Fsp3) is 0.391. The summed E-state index contributed by atoms with van der Waals surface area (Å²) in [6, 6.07) is 15.2. The number of aromatic nitrogens is 3. The van der Waals surface area contributed by atoms with Crippen molar-refractivity contribution in [2.45, 2.75) is 31.7 Å². The standard InChI is InChI=1S/C23H25Br2N5O2.2ClH/c24-17-9-15(10-18(25)12-17)14-32-20-11-16-3-1-2-4-19(16)22(20)30-7-5-29(6-8-30)13-21-26-23(31)28-27-21;;/h1-4,9-10,12,20,22H,5-8,11,13-14H2,(H2,26,27,28,31);2*1H/t20-,22-;;/m1../s1. The van der Waals surface area contributed by atoms with Crippen LogP contribution in [0.3, 0.4) is 0 Å². The number of fused-ring (bicyclic) bond motifs is 1. The number of benzene rings is 2. The van der Waals surface area contributed by atoms with Crippen molar-refractivity contribution in [1.82, 2.24) is 25.0 Å². The summed E-state index contributed by atoms with van der Waals surface area (Å²) in [5.41, 5.74) is 3.67. The molecule has 0 unspecified atom stereocenters. The average Bonchev–Trinajstić information content (AvgIpc) is 3.35. The van der Waals surface area contributed by atoms with Gasteiger partial charge in [0.1, 0.15) is 5.82 Å². The fourth-order valence-corrected chi connectivity index (χ4v) is 6.20. The van der Waals surface area contributed by atoms with Crippen LogP contribution in [-0.4, -0.2) is 57.3 Å². The molecule has 34 heavy (non-hydrogen) atoms. The van der Waals surface area contributed by atoms with Gasteiger partial charge in [-0.25, -0.2) is 9.89 Å². The third kappa shape index (κ3) is 6.32. The van der Waals surface area contributed by atoms with Gasteiger partial charge in [0, 0.05) is 41.5 Å². The molecule has 1 aromatic heterocycles. The van der Waals surface area contributed by atoms with E-state index in [-0.39, 0.29) is 42.6 Å². The molecule has 1 aliphatic carbocycles. The van der Waals surface area contributed by atoms with Crippen LogP contribution in [0.4, 0.5) is 0 Å². The maximum absolute atomic E-state index is 11.3. The van der Waals surface area contributed by atoms with Gasteiger partial charge in [0.05, 0.1) is 25.3 Å². The highest BCUT2D eigenvalue weighted by molar-refractivity contribution is 9.11. The van der Waals surface area contributed by atoms with Crippen LogP contribution in [0.5, 0.6) is 0 Å². The van der Waals surface area contributed by atoms with E-state index in [1.165, 1.54) is 11.1 Å². The fourth-order valence-electron chi connectivity index (χ4n) is 4.81.